The van der Waals surface area contributed by atoms with Gasteiger partial charge in [-0.2, -0.15) is 0 Å². The number of phenolic OH excluding ortho intramolecular Hbond substituents is 1. The number of carbonyl (C=O) groups is 2. The van der Waals surface area contributed by atoms with E-state index in [1.807, 2.05) is 0 Å². The Morgan fingerprint density at radius 2 is 2.22 bits per heavy atom. The standard InChI is InChI=1S/C14H15N3O6/c1-3-23-13(19)11-7(2)15-14(20)16-12(11)9-6-8(17(21)22)4-5-10(9)18/h4-6,11-12,18H,3H2,1-2H3,(H,16,20). The van der Waals surface area contributed by atoms with Crippen LogP contribution in [0.15, 0.2) is 23.2 Å². The van der Waals surface area contributed by atoms with E-state index in [0.717, 1.165) is 18.2 Å². The molecule has 0 aliphatic carbocycles. The van der Waals surface area contributed by atoms with Crippen LogP contribution in [-0.2, 0) is 9.53 Å². The van der Waals surface area contributed by atoms with Gasteiger partial charge < -0.3 is 15.2 Å². The van der Waals surface area contributed by atoms with E-state index >= 15 is 0 Å². The van der Waals surface area contributed by atoms with Gasteiger partial charge in [0.2, 0.25) is 0 Å². The molecule has 9 nitrogen and oxygen atoms in total. The lowest BCUT2D eigenvalue weighted by Gasteiger charge is -2.29. The molecule has 0 saturated carbocycles. The van der Waals surface area contributed by atoms with E-state index in [2.05, 4.69) is 10.3 Å². The molecular weight excluding hydrogens is 306 g/mol. The summed E-state index contributed by atoms with van der Waals surface area (Å²) in [6, 6.07) is 1.69. The quantitative estimate of drug-likeness (QED) is 0.493. The molecule has 2 amide bonds. The molecule has 0 aromatic heterocycles. The molecule has 0 radical (unpaired) electrons. The molecule has 0 saturated heterocycles. The number of esters is 1. The van der Waals surface area contributed by atoms with Gasteiger partial charge in [-0.15, -0.1) is 0 Å². The van der Waals surface area contributed by atoms with Crippen molar-refractivity contribution in [1.29, 1.82) is 0 Å². The Labute approximate surface area is 131 Å². The first-order chi connectivity index (χ1) is 10.8. The summed E-state index contributed by atoms with van der Waals surface area (Å²) in [7, 11) is 0. The molecule has 122 valence electrons. The number of nitro groups is 1. The lowest BCUT2D eigenvalue weighted by Crippen LogP contribution is -2.44. The molecule has 0 fully saturated rings. The molecule has 2 atom stereocenters. The summed E-state index contributed by atoms with van der Waals surface area (Å²) < 4.78 is 4.97. The van der Waals surface area contributed by atoms with Crippen LogP contribution in [0.5, 0.6) is 5.75 Å². The average molecular weight is 321 g/mol. The molecule has 1 aromatic carbocycles. The molecule has 1 aliphatic heterocycles. The number of carbonyl (C=O) groups excluding carboxylic acids is 2. The minimum atomic E-state index is -1.00. The van der Waals surface area contributed by atoms with Crippen LogP contribution >= 0.6 is 0 Å². The molecule has 1 aliphatic rings. The summed E-state index contributed by atoms with van der Waals surface area (Å²) >= 11 is 0. The van der Waals surface area contributed by atoms with Crippen molar-refractivity contribution in [3.63, 3.8) is 0 Å². The number of hydrogen-bond acceptors (Lipinski definition) is 6. The van der Waals surface area contributed by atoms with Gasteiger partial charge in [-0.25, -0.2) is 9.79 Å². The fourth-order valence-electron chi connectivity index (χ4n) is 2.42. The summed E-state index contributed by atoms with van der Waals surface area (Å²) in [6.45, 7) is 3.25. The zero-order valence-corrected chi connectivity index (χ0v) is 12.5. The second kappa shape index (κ2) is 6.42. The Kier molecular flexibility index (Phi) is 4.58. The maximum absolute atomic E-state index is 12.2. The lowest BCUT2D eigenvalue weighted by molar-refractivity contribution is -0.385. The maximum Gasteiger partial charge on any atom is 0.341 e. The highest BCUT2D eigenvalue weighted by atomic mass is 16.6. The van der Waals surface area contributed by atoms with E-state index < -0.39 is 28.9 Å². The van der Waals surface area contributed by atoms with Gasteiger partial charge >= 0.3 is 12.0 Å². The molecule has 2 N–H and O–H groups in total. The number of aromatic hydroxyl groups is 1. The van der Waals surface area contributed by atoms with Crippen molar-refractivity contribution in [3.8, 4) is 5.75 Å². The third kappa shape index (κ3) is 3.28. The normalized spacial score (nSPS) is 20.4. The van der Waals surface area contributed by atoms with Crippen LogP contribution in [0.4, 0.5) is 10.5 Å². The van der Waals surface area contributed by atoms with Crippen LogP contribution in [-0.4, -0.2) is 34.3 Å². The summed E-state index contributed by atoms with van der Waals surface area (Å²) in [4.78, 5) is 37.8. The van der Waals surface area contributed by atoms with Crippen molar-refractivity contribution in [3.05, 3.63) is 33.9 Å². The second-order valence-electron chi connectivity index (χ2n) is 4.91. The highest BCUT2D eigenvalue weighted by Crippen LogP contribution is 2.35. The largest absolute Gasteiger partial charge is 0.508 e. The van der Waals surface area contributed by atoms with E-state index in [-0.39, 0.29) is 29.3 Å². The molecule has 1 aromatic rings. The average Bonchev–Trinajstić information content (AvgIpc) is 2.46. The van der Waals surface area contributed by atoms with Crippen molar-refractivity contribution in [1.82, 2.24) is 5.32 Å². The predicted octanol–water partition coefficient (Wildman–Crippen LogP) is 1.70. The number of nitro benzene ring substituents is 1. The summed E-state index contributed by atoms with van der Waals surface area (Å²) in [5.74, 6) is -1.88. The van der Waals surface area contributed by atoms with Gasteiger partial charge in [-0.3, -0.25) is 14.9 Å². The fourth-order valence-corrected chi connectivity index (χ4v) is 2.42. The van der Waals surface area contributed by atoms with Gasteiger partial charge in [0.25, 0.3) is 5.69 Å². The van der Waals surface area contributed by atoms with Crippen LogP contribution < -0.4 is 5.32 Å². The van der Waals surface area contributed by atoms with E-state index in [4.69, 9.17) is 4.74 Å². The number of nitrogens with zero attached hydrogens (tertiary/aromatic N) is 2. The Bertz CT molecular complexity index is 700. The molecule has 1 heterocycles. The first-order valence-corrected chi connectivity index (χ1v) is 6.84. The molecule has 0 bridgehead atoms. The van der Waals surface area contributed by atoms with Crippen LogP contribution in [0.1, 0.15) is 25.5 Å². The number of hydrogen-bond donors (Lipinski definition) is 2. The van der Waals surface area contributed by atoms with Gasteiger partial charge in [-0.05, 0) is 19.9 Å². The van der Waals surface area contributed by atoms with E-state index in [9.17, 15) is 24.8 Å². The summed E-state index contributed by atoms with van der Waals surface area (Å²) in [5.41, 5.74) is -0.00205. The third-order valence-corrected chi connectivity index (χ3v) is 3.44. The van der Waals surface area contributed by atoms with Gasteiger partial charge in [0, 0.05) is 23.4 Å². The predicted molar refractivity (Wildman–Crippen MR) is 79.3 cm³/mol. The number of urea groups is 1. The second-order valence-corrected chi connectivity index (χ2v) is 4.91. The smallest absolute Gasteiger partial charge is 0.341 e. The fraction of sp³-hybridized carbons (Fsp3) is 0.357. The van der Waals surface area contributed by atoms with Crippen molar-refractivity contribution >= 4 is 23.4 Å². The maximum atomic E-state index is 12.2. The topological polar surface area (TPSA) is 131 Å². The molecule has 0 spiro atoms. The lowest BCUT2D eigenvalue weighted by atomic mass is 9.87. The van der Waals surface area contributed by atoms with Crippen molar-refractivity contribution in [2.75, 3.05) is 6.61 Å². The first kappa shape index (κ1) is 16.4. The van der Waals surface area contributed by atoms with Crippen LogP contribution in [0.2, 0.25) is 0 Å². The molecule has 23 heavy (non-hydrogen) atoms. The third-order valence-electron chi connectivity index (χ3n) is 3.44. The van der Waals surface area contributed by atoms with Crippen molar-refractivity contribution in [2.45, 2.75) is 19.9 Å². The van der Waals surface area contributed by atoms with Crippen LogP contribution in [0.3, 0.4) is 0 Å². The molecule has 2 rings (SSSR count). The number of benzene rings is 1. The van der Waals surface area contributed by atoms with Crippen molar-refractivity contribution < 1.29 is 24.4 Å². The number of ether oxygens (including phenoxy) is 1. The van der Waals surface area contributed by atoms with Gasteiger partial charge in [-0.1, -0.05) is 0 Å². The number of nitrogens with one attached hydrogen (secondary N) is 1. The Hall–Kier alpha value is -2.97. The minimum Gasteiger partial charge on any atom is -0.508 e. The SMILES string of the molecule is CCOC(=O)C1C(C)=NC(=O)NC1c1cc([N+](=O)[O-])ccc1O. The first-order valence-electron chi connectivity index (χ1n) is 6.84. The monoisotopic (exact) mass is 321 g/mol. The Morgan fingerprint density at radius 3 is 2.83 bits per heavy atom. The van der Waals surface area contributed by atoms with Gasteiger partial charge in [0.15, 0.2) is 0 Å². The highest BCUT2D eigenvalue weighted by molar-refractivity contribution is 6.08. The number of phenols is 1. The van der Waals surface area contributed by atoms with E-state index in [1.165, 1.54) is 6.92 Å². The number of aliphatic imine (C=N–C) groups is 1. The summed E-state index contributed by atoms with van der Waals surface area (Å²) in [6.07, 6.45) is 0. The van der Waals surface area contributed by atoms with Crippen LogP contribution in [0, 0.1) is 16.0 Å². The number of non-ortho nitro benzene ring substituents is 1. The van der Waals surface area contributed by atoms with Crippen molar-refractivity contribution in [2.24, 2.45) is 10.9 Å². The van der Waals surface area contributed by atoms with Gasteiger partial charge in [0.05, 0.1) is 17.6 Å². The molecule has 9 heteroatoms. The Balaban J connectivity index is 2.52. The highest BCUT2D eigenvalue weighted by Gasteiger charge is 2.39. The van der Waals surface area contributed by atoms with Crippen LogP contribution in [0.25, 0.3) is 0 Å². The zero-order chi connectivity index (χ0) is 17.1. The number of rotatable bonds is 4. The zero-order valence-electron chi connectivity index (χ0n) is 12.5. The van der Waals surface area contributed by atoms with E-state index in [0.29, 0.717) is 0 Å². The molecular formula is C14H15N3O6. The number of amides is 2. The van der Waals surface area contributed by atoms with Gasteiger partial charge in [0.1, 0.15) is 11.7 Å². The summed E-state index contributed by atoms with van der Waals surface area (Å²) in [5, 5.41) is 23.4. The molecule has 2 unspecified atom stereocenters. The Morgan fingerprint density at radius 1 is 1.52 bits per heavy atom. The van der Waals surface area contributed by atoms with E-state index in [1.54, 1.807) is 6.92 Å². The minimum absolute atomic E-state index is 0.0554.